The van der Waals surface area contributed by atoms with Gasteiger partial charge in [0.25, 0.3) is 0 Å². The molecule has 5 nitrogen and oxygen atoms in total. The molecule has 1 aliphatic heterocycles. The molecule has 0 radical (unpaired) electrons. The molecule has 0 bridgehead atoms. The maximum absolute atomic E-state index is 4.84. The van der Waals surface area contributed by atoms with Crippen LogP contribution in [-0.2, 0) is 0 Å². The molecule has 0 amide bonds. The van der Waals surface area contributed by atoms with Gasteiger partial charge in [0, 0.05) is 59.4 Å². The summed E-state index contributed by atoms with van der Waals surface area (Å²) in [6, 6.07) is 0. The fourth-order valence-electron chi connectivity index (χ4n) is 2.82. The number of likely N-dealkylation sites (N-methyl/N-ethyl adjacent to an activating group) is 1. The highest BCUT2D eigenvalue weighted by molar-refractivity contribution is 14.0. The van der Waals surface area contributed by atoms with Crippen LogP contribution in [0.15, 0.2) is 17.6 Å². The Hall–Kier alpha value is -0.340. The van der Waals surface area contributed by atoms with Crippen LogP contribution < -0.4 is 5.32 Å². The molecule has 1 saturated heterocycles. The molecule has 24 heavy (non-hydrogen) atoms. The molecule has 1 N–H and O–H groups in total. The van der Waals surface area contributed by atoms with Gasteiger partial charge in [-0.05, 0) is 32.7 Å². The van der Waals surface area contributed by atoms with E-state index in [9.17, 15) is 0 Å². The SMILES string of the molecule is C=CCCCN(C)C(=NCC(C)CN1CCN(C)CC1)NCC.I. The zero-order chi connectivity index (χ0) is 17.1. The van der Waals surface area contributed by atoms with Crippen molar-refractivity contribution in [3.8, 4) is 0 Å². The minimum Gasteiger partial charge on any atom is -0.357 e. The first-order valence-electron chi connectivity index (χ1n) is 9.08. The van der Waals surface area contributed by atoms with E-state index in [1.807, 2.05) is 6.08 Å². The monoisotopic (exact) mass is 451 g/mol. The first-order valence-corrected chi connectivity index (χ1v) is 9.08. The van der Waals surface area contributed by atoms with Gasteiger partial charge in [0.05, 0.1) is 0 Å². The Kier molecular flexibility index (Phi) is 13.7. The largest absolute Gasteiger partial charge is 0.357 e. The molecule has 0 aromatic carbocycles. The van der Waals surface area contributed by atoms with Crippen LogP contribution in [0.25, 0.3) is 0 Å². The van der Waals surface area contributed by atoms with E-state index in [2.05, 4.69) is 54.5 Å². The molecule has 0 aliphatic carbocycles. The molecule has 1 atom stereocenters. The Labute approximate surface area is 166 Å². The smallest absolute Gasteiger partial charge is 0.193 e. The summed E-state index contributed by atoms with van der Waals surface area (Å²) >= 11 is 0. The van der Waals surface area contributed by atoms with Gasteiger partial charge in [-0.2, -0.15) is 0 Å². The molecule has 6 heteroatoms. The van der Waals surface area contributed by atoms with E-state index in [1.54, 1.807) is 0 Å². The van der Waals surface area contributed by atoms with Crippen LogP contribution >= 0.6 is 24.0 Å². The van der Waals surface area contributed by atoms with Gasteiger partial charge in [-0.25, -0.2) is 0 Å². The van der Waals surface area contributed by atoms with Crippen molar-refractivity contribution in [2.75, 3.05) is 66.5 Å². The number of halogens is 1. The summed E-state index contributed by atoms with van der Waals surface area (Å²) in [7, 11) is 4.33. The van der Waals surface area contributed by atoms with Crippen molar-refractivity contribution in [1.82, 2.24) is 20.0 Å². The summed E-state index contributed by atoms with van der Waals surface area (Å²) in [6.45, 7) is 16.9. The van der Waals surface area contributed by atoms with E-state index >= 15 is 0 Å². The van der Waals surface area contributed by atoms with Crippen LogP contribution in [0.3, 0.4) is 0 Å². The molecular formula is C18H38IN5. The van der Waals surface area contributed by atoms with Crippen LogP contribution in [0, 0.1) is 5.92 Å². The molecule has 1 unspecified atom stereocenters. The first-order chi connectivity index (χ1) is 11.1. The predicted octanol–water partition coefficient (Wildman–Crippen LogP) is 2.35. The summed E-state index contributed by atoms with van der Waals surface area (Å²) in [6.07, 6.45) is 4.17. The number of allylic oxidation sites excluding steroid dienone is 1. The molecule has 142 valence electrons. The van der Waals surface area contributed by atoms with Crippen molar-refractivity contribution < 1.29 is 0 Å². The fourth-order valence-corrected chi connectivity index (χ4v) is 2.82. The van der Waals surface area contributed by atoms with Gasteiger partial charge >= 0.3 is 0 Å². The Morgan fingerprint density at radius 1 is 1.33 bits per heavy atom. The number of rotatable bonds is 9. The molecule has 1 aliphatic rings. The van der Waals surface area contributed by atoms with Crippen LogP contribution in [0.4, 0.5) is 0 Å². The van der Waals surface area contributed by atoms with Gasteiger partial charge in [-0.1, -0.05) is 13.0 Å². The lowest BCUT2D eigenvalue weighted by molar-refractivity contribution is 0.140. The maximum atomic E-state index is 4.84. The highest BCUT2D eigenvalue weighted by atomic mass is 127. The minimum absolute atomic E-state index is 0. The predicted molar refractivity (Wildman–Crippen MR) is 117 cm³/mol. The Morgan fingerprint density at radius 2 is 2.00 bits per heavy atom. The highest BCUT2D eigenvalue weighted by Crippen LogP contribution is 2.05. The van der Waals surface area contributed by atoms with Crippen molar-refractivity contribution in [2.24, 2.45) is 10.9 Å². The van der Waals surface area contributed by atoms with Crippen molar-refractivity contribution in [1.29, 1.82) is 0 Å². The average Bonchev–Trinajstić information content (AvgIpc) is 2.53. The first kappa shape index (κ1) is 23.7. The highest BCUT2D eigenvalue weighted by Gasteiger charge is 2.16. The zero-order valence-electron chi connectivity index (χ0n) is 16.1. The van der Waals surface area contributed by atoms with E-state index in [4.69, 9.17) is 4.99 Å². The molecule has 1 heterocycles. The van der Waals surface area contributed by atoms with E-state index in [0.29, 0.717) is 5.92 Å². The third-order valence-corrected chi connectivity index (χ3v) is 4.32. The third kappa shape index (κ3) is 9.84. The Morgan fingerprint density at radius 3 is 2.58 bits per heavy atom. The Bertz CT molecular complexity index is 353. The molecule has 1 rings (SSSR count). The van der Waals surface area contributed by atoms with Crippen molar-refractivity contribution >= 4 is 29.9 Å². The molecule has 0 spiro atoms. The van der Waals surface area contributed by atoms with Gasteiger partial charge in [-0.3, -0.25) is 4.99 Å². The summed E-state index contributed by atoms with van der Waals surface area (Å²) < 4.78 is 0. The number of hydrogen-bond acceptors (Lipinski definition) is 3. The maximum Gasteiger partial charge on any atom is 0.193 e. The number of hydrogen-bond donors (Lipinski definition) is 1. The van der Waals surface area contributed by atoms with E-state index in [0.717, 1.165) is 45.0 Å². The summed E-state index contributed by atoms with van der Waals surface area (Å²) in [5, 5.41) is 3.40. The standard InChI is InChI=1S/C18H37N5.HI/c1-6-8-9-10-22(5)18(19-7-2)20-15-17(3)16-23-13-11-21(4)12-14-23;/h6,17H,1,7-16H2,2-5H3,(H,19,20);1H. The topological polar surface area (TPSA) is 34.1 Å². The second kappa shape index (κ2) is 13.9. The lowest BCUT2D eigenvalue weighted by atomic mass is 10.1. The molecule has 0 saturated carbocycles. The summed E-state index contributed by atoms with van der Waals surface area (Å²) in [4.78, 5) is 12.0. The van der Waals surface area contributed by atoms with Gasteiger partial charge in [0.2, 0.25) is 0 Å². The number of nitrogens with zero attached hydrogens (tertiary/aromatic N) is 4. The summed E-state index contributed by atoms with van der Waals surface area (Å²) in [5.74, 6) is 1.62. The number of aliphatic imine (C=N–C) groups is 1. The quantitative estimate of drug-likeness (QED) is 0.192. The fraction of sp³-hybridized carbons (Fsp3) is 0.833. The van der Waals surface area contributed by atoms with Gasteiger partial charge in [0.1, 0.15) is 0 Å². The van der Waals surface area contributed by atoms with Crippen LogP contribution in [0.5, 0.6) is 0 Å². The van der Waals surface area contributed by atoms with Gasteiger partial charge < -0.3 is 20.0 Å². The minimum atomic E-state index is 0. The second-order valence-corrected chi connectivity index (χ2v) is 6.76. The number of unbranched alkanes of at least 4 members (excludes halogenated alkanes) is 1. The van der Waals surface area contributed by atoms with E-state index in [-0.39, 0.29) is 24.0 Å². The summed E-state index contributed by atoms with van der Waals surface area (Å²) in [5.41, 5.74) is 0. The number of piperazine rings is 1. The van der Waals surface area contributed by atoms with Crippen molar-refractivity contribution in [3.63, 3.8) is 0 Å². The van der Waals surface area contributed by atoms with E-state index < -0.39 is 0 Å². The van der Waals surface area contributed by atoms with Crippen LogP contribution in [0.2, 0.25) is 0 Å². The molecule has 1 fully saturated rings. The van der Waals surface area contributed by atoms with Crippen LogP contribution in [0.1, 0.15) is 26.7 Å². The van der Waals surface area contributed by atoms with Crippen molar-refractivity contribution in [2.45, 2.75) is 26.7 Å². The molecule has 0 aromatic heterocycles. The Balaban J connectivity index is 0.00000529. The van der Waals surface area contributed by atoms with Crippen LogP contribution in [-0.4, -0.2) is 87.1 Å². The normalized spacial score (nSPS) is 17.9. The van der Waals surface area contributed by atoms with Crippen molar-refractivity contribution in [3.05, 3.63) is 12.7 Å². The third-order valence-electron chi connectivity index (χ3n) is 4.32. The second-order valence-electron chi connectivity index (χ2n) is 6.76. The number of guanidine groups is 1. The average molecular weight is 451 g/mol. The lowest BCUT2D eigenvalue weighted by Gasteiger charge is -2.33. The van der Waals surface area contributed by atoms with Gasteiger partial charge in [-0.15, -0.1) is 30.6 Å². The lowest BCUT2D eigenvalue weighted by Crippen LogP contribution is -2.46. The molecule has 0 aromatic rings. The molecular weight excluding hydrogens is 413 g/mol. The van der Waals surface area contributed by atoms with Gasteiger partial charge in [0.15, 0.2) is 5.96 Å². The zero-order valence-corrected chi connectivity index (χ0v) is 18.5. The van der Waals surface area contributed by atoms with E-state index in [1.165, 1.54) is 26.2 Å². The number of nitrogens with one attached hydrogen (secondary N) is 1.